The number of ether oxygens (including phenoxy) is 1. The highest BCUT2D eigenvalue weighted by molar-refractivity contribution is 5.13. The van der Waals surface area contributed by atoms with Crippen molar-refractivity contribution in [3.8, 4) is 0 Å². The van der Waals surface area contributed by atoms with Crippen LogP contribution in [0.2, 0.25) is 0 Å². The molecule has 0 spiro atoms. The van der Waals surface area contributed by atoms with Gasteiger partial charge in [0.1, 0.15) is 0 Å². The fourth-order valence-corrected chi connectivity index (χ4v) is 1.78. The number of hydrogen-bond donors (Lipinski definition) is 1. The second kappa shape index (κ2) is 9.93. The summed E-state index contributed by atoms with van der Waals surface area (Å²) in [6.45, 7) is 10.0. The molecule has 0 aliphatic heterocycles. The molecule has 0 aliphatic rings. The van der Waals surface area contributed by atoms with E-state index in [0.29, 0.717) is 12.5 Å². The van der Waals surface area contributed by atoms with E-state index in [2.05, 4.69) is 43.2 Å². The Labute approximate surface area is 117 Å². The Hall–Kier alpha value is -0.930. The van der Waals surface area contributed by atoms with Crippen LogP contribution in [0.5, 0.6) is 0 Å². The summed E-state index contributed by atoms with van der Waals surface area (Å²) in [6.07, 6.45) is 5.57. The van der Waals surface area contributed by atoms with Gasteiger partial charge < -0.3 is 10.1 Å². The number of unbranched alkanes of at least 4 members (excludes halogenated alkanes) is 2. The summed E-state index contributed by atoms with van der Waals surface area (Å²) in [6, 6.07) is 4.19. The molecule has 0 aromatic carbocycles. The molecule has 0 saturated heterocycles. The van der Waals surface area contributed by atoms with E-state index >= 15 is 0 Å². The van der Waals surface area contributed by atoms with E-state index in [1.54, 1.807) is 0 Å². The van der Waals surface area contributed by atoms with Gasteiger partial charge in [0.2, 0.25) is 0 Å². The summed E-state index contributed by atoms with van der Waals surface area (Å²) in [5.74, 6) is 0.684. The van der Waals surface area contributed by atoms with Crippen LogP contribution in [0.3, 0.4) is 0 Å². The van der Waals surface area contributed by atoms with Gasteiger partial charge in [0.25, 0.3) is 0 Å². The summed E-state index contributed by atoms with van der Waals surface area (Å²) >= 11 is 0. The van der Waals surface area contributed by atoms with E-state index in [1.165, 1.54) is 18.4 Å². The topological polar surface area (TPSA) is 34.1 Å². The number of nitrogens with one attached hydrogen (secondary N) is 1. The number of pyridine rings is 1. The van der Waals surface area contributed by atoms with Crippen molar-refractivity contribution >= 4 is 0 Å². The van der Waals surface area contributed by atoms with E-state index in [1.807, 2.05) is 6.20 Å². The van der Waals surface area contributed by atoms with Gasteiger partial charge in [-0.05, 0) is 30.5 Å². The SMILES string of the molecule is CCCCCOCc1ccc(CNCC(C)C)cn1. The van der Waals surface area contributed by atoms with Crippen LogP contribution in [0.4, 0.5) is 0 Å². The Morgan fingerprint density at radius 3 is 2.74 bits per heavy atom. The quantitative estimate of drug-likeness (QED) is 0.656. The summed E-state index contributed by atoms with van der Waals surface area (Å²) in [5.41, 5.74) is 2.25. The van der Waals surface area contributed by atoms with Crippen LogP contribution in [0, 0.1) is 5.92 Å². The fourth-order valence-electron chi connectivity index (χ4n) is 1.78. The molecule has 0 bridgehead atoms. The largest absolute Gasteiger partial charge is 0.375 e. The summed E-state index contributed by atoms with van der Waals surface area (Å²) in [7, 11) is 0. The molecular weight excluding hydrogens is 236 g/mol. The monoisotopic (exact) mass is 264 g/mol. The highest BCUT2D eigenvalue weighted by Crippen LogP contribution is 2.03. The van der Waals surface area contributed by atoms with Gasteiger partial charge in [0.15, 0.2) is 0 Å². The predicted octanol–water partition coefficient (Wildman–Crippen LogP) is 3.53. The maximum absolute atomic E-state index is 5.60. The van der Waals surface area contributed by atoms with Crippen molar-refractivity contribution in [3.63, 3.8) is 0 Å². The Kier molecular flexibility index (Phi) is 8.43. The van der Waals surface area contributed by atoms with Gasteiger partial charge in [-0.25, -0.2) is 0 Å². The molecule has 0 saturated carbocycles. The van der Waals surface area contributed by atoms with Gasteiger partial charge in [-0.3, -0.25) is 4.98 Å². The normalized spacial score (nSPS) is 11.2. The first-order valence-corrected chi connectivity index (χ1v) is 7.44. The van der Waals surface area contributed by atoms with Gasteiger partial charge >= 0.3 is 0 Å². The Morgan fingerprint density at radius 1 is 1.26 bits per heavy atom. The minimum absolute atomic E-state index is 0.628. The molecule has 0 atom stereocenters. The zero-order chi connectivity index (χ0) is 13.9. The van der Waals surface area contributed by atoms with Gasteiger partial charge in [0, 0.05) is 19.3 Å². The van der Waals surface area contributed by atoms with Crippen LogP contribution < -0.4 is 5.32 Å². The molecule has 1 N–H and O–H groups in total. The van der Waals surface area contributed by atoms with Gasteiger partial charge in [-0.1, -0.05) is 39.7 Å². The van der Waals surface area contributed by atoms with Crippen LogP contribution >= 0.6 is 0 Å². The second-order valence-corrected chi connectivity index (χ2v) is 5.44. The lowest BCUT2D eigenvalue weighted by atomic mass is 10.2. The molecule has 1 rings (SSSR count). The molecule has 108 valence electrons. The van der Waals surface area contributed by atoms with E-state index in [-0.39, 0.29) is 0 Å². The molecule has 0 amide bonds. The number of rotatable bonds is 10. The van der Waals surface area contributed by atoms with Crippen molar-refractivity contribution in [2.75, 3.05) is 13.2 Å². The van der Waals surface area contributed by atoms with E-state index in [9.17, 15) is 0 Å². The van der Waals surface area contributed by atoms with Gasteiger partial charge in [-0.2, -0.15) is 0 Å². The Balaban J connectivity index is 2.19. The molecule has 0 aliphatic carbocycles. The minimum atomic E-state index is 0.628. The van der Waals surface area contributed by atoms with Crippen molar-refractivity contribution < 1.29 is 4.74 Å². The third kappa shape index (κ3) is 7.96. The average molecular weight is 264 g/mol. The number of nitrogens with zero attached hydrogens (tertiary/aromatic N) is 1. The first kappa shape index (κ1) is 16.1. The standard InChI is InChI=1S/C16H28N2O/c1-4-5-6-9-19-13-16-8-7-15(12-18-16)11-17-10-14(2)3/h7-8,12,14,17H,4-6,9-11,13H2,1-3H3. The van der Waals surface area contributed by atoms with Crippen molar-refractivity contribution in [3.05, 3.63) is 29.6 Å². The van der Waals surface area contributed by atoms with Crippen LogP contribution in [-0.4, -0.2) is 18.1 Å². The molecule has 0 fully saturated rings. The smallest absolute Gasteiger partial charge is 0.0887 e. The molecule has 0 radical (unpaired) electrons. The van der Waals surface area contributed by atoms with Gasteiger partial charge in [0.05, 0.1) is 12.3 Å². The molecule has 0 unspecified atom stereocenters. The Morgan fingerprint density at radius 2 is 2.11 bits per heavy atom. The predicted molar refractivity (Wildman–Crippen MR) is 80.0 cm³/mol. The number of aromatic nitrogens is 1. The first-order chi connectivity index (χ1) is 9.22. The molecule has 1 aromatic rings. The average Bonchev–Trinajstić information content (AvgIpc) is 2.40. The molecule has 3 heteroatoms. The molecule has 1 aromatic heterocycles. The van der Waals surface area contributed by atoms with Crippen molar-refractivity contribution in [1.82, 2.24) is 10.3 Å². The van der Waals surface area contributed by atoms with E-state index < -0.39 is 0 Å². The fraction of sp³-hybridized carbons (Fsp3) is 0.688. The molecule has 19 heavy (non-hydrogen) atoms. The molecule has 3 nitrogen and oxygen atoms in total. The van der Waals surface area contributed by atoms with E-state index in [0.717, 1.165) is 31.8 Å². The summed E-state index contributed by atoms with van der Waals surface area (Å²) in [4.78, 5) is 4.43. The lowest BCUT2D eigenvalue weighted by Gasteiger charge is -2.08. The highest BCUT2D eigenvalue weighted by atomic mass is 16.5. The summed E-state index contributed by atoms with van der Waals surface area (Å²) in [5, 5.41) is 3.42. The third-order valence-corrected chi connectivity index (χ3v) is 2.91. The van der Waals surface area contributed by atoms with Crippen LogP contribution in [-0.2, 0) is 17.9 Å². The highest BCUT2D eigenvalue weighted by Gasteiger charge is 1.98. The molecular formula is C16H28N2O. The Bertz CT molecular complexity index is 322. The maximum atomic E-state index is 5.60. The maximum Gasteiger partial charge on any atom is 0.0887 e. The summed E-state index contributed by atoms with van der Waals surface area (Å²) < 4.78 is 5.60. The van der Waals surface area contributed by atoms with Gasteiger partial charge in [-0.15, -0.1) is 0 Å². The van der Waals surface area contributed by atoms with Crippen molar-refractivity contribution in [2.45, 2.75) is 53.2 Å². The number of hydrogen-bond acceptors (Lipinski definition) is 3. The third-order valence-electron chi connectivity index (χ3n) is 2.91. The lowest BCUT2D eigenvalue weighted by Crippen LogP contribution is -2.19. The zero-order valence-corrected chi connectivity index (χ0v) is 12.6. The van der Waals surface area contributed by atoms with Crippen molar-refractivity contribution in [1.29, 1.82) is 0 Å². The lowest BCUT2D eigenvalue weighted by molar-refractivity contribution is 0.114. The van der Waals surface area contributed by atoms with E-state index in [4.69, 9.17) is 4.74 Å². The zero-order valence-electron chi connectivity index (χ0n) is 12.6. The van der Waals surface area contributed by atoms with Crippen molar-refractivity contribution in [2.24, 2.45) is 5.92 Å². The first-order valence-electron chi connectivity index (χ1n) is 7.44. The van der Waals surface area contributed by atoms with Crippen LogP contribution in [0.25, 0.3) is 0 Å². The van der Waals surface area contributed by atoms with Crippen LogP contribution in [0.15, 0.2) is 18.3 Å². The molecule has 1 heterocycles. The minimum Gasteiger partial charge on any atom is -0.375 e. The second-order valence-electron chi connectivity index (χ2n) is 5.44. The van der Waals surface area contributed by atoms with Crippen LogP contribution in [0.1, 0.15) is 51.3 Å².